The first-order chi connectivity index (χ1) is 12.2. The highest BCUT2D eigenvalue weighted by molar-refractivity contribution is 6.31. The predicted octanol–water partition coefficient (Wildman–Crippen LogP) is 3.96. The molecule has 0 aliphatic rings. The fraction of sp³-hybridized carbons (Fsp3) is 0.278. The summed E-state index contributed by atoms with van der Waals surface area (Å²) in [6.07, 6.45) is 2.55. The molecule has 8 heteroatoms. The van der Waals surface area contributed by atoms with Crippen LogP contribution in [0.15, 0.2) is 41.5 Å². The molecule has 0 spiro atoms. The number of carbonyl (C=O) groups excluding carboxylic acids is 1. The number of carbonyl (C=O) groups is 1. The van der Waals surface area contributed by atoms with E-state index in [0.717, 1.165) is 10.1 Å². The lowest BCUT2D eigenvalue weighted by Gasteiger charge is -2.19. The molecule has 26 heavy (non-hydrogen) atoms. The van der Waals surface area contributed by atoms with E-state index in [-0.39, 0.29) is 10.8 Å². The van der Waals surface area contributed by atoms with Crippen molar-refractivity contribution in [3.8, 4) is 11.5 Å². The van der Waals surface area contributed by atoms with Crippen molar-refractivity contribution in [3.63, 3.8) is 0 Å². The van der Waals surface area contributed by atoms with Crippen molar-refractivity contribution in [1.29, 1.82) is 0 Å². The van der Waals surface area contributed by atoms with Crippen LogP contribution in [0.3, 0.4) is 0 Å². The zero-order valence-electron chi connectivity index (χ0n) is 14.8. The van der Waals surface area contributed by atoms with Crippen LogP contribution in [0.5, 0.6) is 11.5 Å². The number of aryl methyl sites for hydroxylation is 1. The Morgan fingerprint density at radius 1 is 1.23 bits per heavy atom. The van der Waals surface area contributed by atoms with Crippen LogP contribution < -0.4 is 10.3 Å². The van der Waals surface area contributed by atoms with Gasteiger partial charge in [-0.05, 0) is 45.0 Å². The quantitative estimate of drug-likeness (QED) is 0.677. The Labute approximate surface area is 154 Å². The molecule has 0 unspecified atom stereocenters. The zero-order chi connectivity index (χ0) is 19.1. The summed E-state index contributed by atoms with van der Waals surface area (Å²) in [7, 11) is 1.50. The molecule has 0 saturated heterocycles. The molecule has 0 N–H and O–H groups in total. The van der Waals surface area contributed by atoms with E-state index in [1.165, 1.54) is 17.8 Å². The van der Waals surface area contributed by atoms with Gasteiger partial charge in [0.25, 0.3) is 5.56 Å². The number of hydrogen-bond donors (Lipinski definition) is 0. The summed E-state index contributed by atoms with van der Waals surface area (Å²) in [5, 5.41) is 4.62. The second-order valence-electron chi connectivity index (χ2n) is 6.74. The van der Waals surface area contributed by atoms with Crippen LogP contribution in [0.2, 0.25) is 5.02 Å². The number of aromatic nitrogens is 3. The highest BCUT2D eigenvalue weighted by Crippen LogP contribution is 2.29. The van der Waals surface area contributed by atoms with Crippen molar-refractivity contribution >= 4 is 28.6 Å². The SMILES string of the molecule is Cn1ncc(Oc2ccc3c(ccn3C(=O)OC(C)(C)C)c2)c(Cl)c1=O. The summed E-state index contributed by atoms with van der Waals surface area (Å²) >= 11 is 6.01. The molecule has 2 aromatic heterocycles. The molecule has 1 aromatic carbocycles. The number of nitrogens with zero attached hydrogens (tertiary/aromatic N) is 3. The Bertz CT molecular complexity index is 1050. The van der Waals surface area contributed by atoms with Crippen LogP contribution in [-0.2, 0) is 11.8 Å². The van der Waals surface area contributed by atoms with Gasteiger partial charge in [0.1, 0.15) is 11.4 Å². The number of rotatable bonds is 2. The van der Waals surface area contributed by atoms with E-state index >= 15 is 0 Å². The van der Waals surface area contributed by atoms with Crippen molar-refractivity contribution in [2.75, 3.05) is 0 Å². The topological polar surface area (TPSA) is 75.3 Å². The van der Waals surface area contributed by atoms with Gasteiger partial charge in [-0.1, -0.05) is 11.6 Å². The number of hydrogen-bond acceptors (Lipinski definition) is 5. The third-order valence-corrected chi connectivity index (χ3v) is 3.87. The van der Waals surface area contributed by atoms with E-state index in [4.69, 9.17) is 21.1 Å². The number of fused-ring (bicyclic) bond motifs is 1. The monoisotopic (exact) mass is 375 g/mol. The molecule has 0 amide bonds. The third-order valence-electron chi connectivity index (χ3n) is 3.53. The zero-order valence-corrected chi connectivity index (χ0v) is 15.6. The van der Waals surface area contributed by atoms with E-state index < -0.39 is 17.3 Å². The van der Waals surface area contributed by atoms with Crippen molar-refractivity contribution in [2.24, 2.45) is 7.05 Å². The summed E-state index contributed by atoms with van der Waals surface area (Å²) in [5.41, 5.74) is -0.346. The number of ether oxygens (including phenoxy) is 2. The molecule has 3 rings (SSSR count). The third kappa shape index (κ3) is 3.57. The van der Waals surface area contributed by atoms with E-state index in [1.807, 2.05) is 20.8 Å². The molecule has 0 fully saturated rings. The van der Waals surface area contributed by atoms with Gasteiger partial charge in [0.15, 0.2) is 10.8 Å². The van der Waals surface area contributed by atoms with Crippen LogP contribution >= 0.6 is 11.6 Å². The molecule has 3 aromatic rings. The fourth-order valence-corrected chi connectivity index (χ4v) is 2.56. The molecule has 0 aliphatic carbocycles. The van der Waals surface area contributed by atoms with Crippen LogP contribution in [0.4, 0.5) is 4.79 Å². The van der Waals surface area contributed by atoms with E-state index in [9.17, 15) is 9.59 Å². The van der Waals surface area contributed by atoms with Crippen LogP contribution in [0.1, 0.15) is 20.8 Å². The summed E-state index contributed by atoms with van der Waals surface area (Å²) in [6, 6.07) is 6.92. The average molecular weight is 376 g/mol. The van der Waals surface area contributed by atoms with Crippen molar-refractivity contribution in [3.05, 3.63) is 52.0 Å². The Kier molecular flexibility index (Phi) is 4.50. The first-order valence-corrected chi connectivity index (χ1v) is 8.27. The average Bonchev–Trinajstić information content (AvgIpc) is 2.97. The van der Waals surface area contributed by atoms with Gasteiger partial charge >= 0.3 is 6.09 Å². The maximum absolute atomic E-state index is 12.3. The summed E-state index contributed by atoms with van der Waals surface area (Å²) < 4.78 is 13.6. The highest BCUT2D eigenvalue weighted by Gasteiger charge is 2.19. The van der Waals surface area contributed by atoms with Gasteiger partial charge in [-0.3, -0.25) is 9.36 Å². The Hall–Kier alpha value is -2.80. The molecule has 0 saturated carbocycles. The van der Waals surface area contributed by atoms with Crippen molar-refractivity contribution < 1.29 is 14.3 Å². The molecule has 0 aliphatic heterocycles. The number of halogens is 1. The smallest absolute Gasteiger partial charge is 0.418 e. The second kappa shape index (κ2) is 6.49. The molecular weight excluding hydrogens is 358 g/mol. The van der Waals surface area contributed by atoms with Gasteiger partial charge in [0.2, 0.25) is 0 Å². The summed E-state index contributed by atoms with van der Waals surface area (Å²) in [6.45, 7) is 5.43. The molecule has 0 bridgehead atoms. The minimum Gasteiger partial charge on any atom is -0.454 e. The lowest BCUT2D eigenvalue weighted by molar-refractivity contribution is 0.0544. The minimum atomic E-state index is -0.583. The van der Waals surface area contributed by atoms with Gasteiger partial charge in [0.05, 0.1) is 11.7 Å². The van der Waals surface area contributed by atoms with Gasteiger partial charge in [-0.2, -0.15) is 5.10 Å². The van der Waals surface area contributed by atoms with E-state index in [0.29, 0.717) is 11.3 Å². The van der Waals surface area contributed by atoms with Crippen molar-refractivity contribution in [1.82, 2.24) is 14.3 Å². The van der Waals surface area contributed by atoms with Crippen LogP contribution in [0, 0.1) is 0 Å². The van der Waals surface area contributed by atoms with E-state index in [1.54, 1.807) is 30.5 Å². The molecule has 0 radical (unpaired) electrons. The van der Waals surface area contributed by atoms with Crippen LogP contribution in [0.25, 0.3) is 10.9 Å². The summed E-state index contributed by atoms with van der Waals surface area (Å²) in [4.78, 5) is 24.1. The normalized spacial score (nSPS) is 11.6. The fourth-order valence-electron chi connectivity index (χ4n) is 2.35. The molecule has 136 valence electrons. The Balaban J connectivity index is 1.91. The van der Waals surface area contributed by atoms with Gasteiger partial charge in [-0.25, -0.2) is 9.48 Å². The lowest BCUT2D eigenvalue weighted by Crippen LogP contribution is -2.26. The standard InChI is InChI=1S/C18H18ClN3O4/c1-18(2,3)26-17(24)22-8-7-11-9-12(5-6-13(11)22)25-14-10-20-21(4)16(23)15(14)19/h5-10H,1-4H3. The largest absolute Gasteiger partial charge is 0.454 e. The minimum absolute atomic E-state index is 0.0473. The van der Waals surface area contributed by atoms with Gasteiger partial charge < -0.3 is 9.47 Å². The molecule has 2 heterocycles. The first kappa shape index (κ1) is 18.0. The highest BCUT2D eigenvalue weighted by atomic mass is 35.5. The maximum Gasteiger partial charge on any atom is 0.418 e. The van der Waals surface area contributed by atoms with Gasteiger partial charge in [0, 0.05) is 18.6 Å². The van der Waals surface area contributed by atoms with Crippen LogP contribution in [-0.4, -0.2) is 26.0 Å². The number of benzene rings is 1. The Morgan fingerprint density at radius 3 is 2.65 bits per heavy atom. The maximum atomic E-state index is 12.3. The molecular formula is C18H18ClN3O4. The molecule has 0 atom stereocenters. The van der Waals surface area contributed by atoms with E-state index in [2.05, 4.69) is 5.10 Å². The van der Waals surface area contributed by atoms with Gasteiger partial charge in [-0.15, -0.1) is 0 Å². The predicted molar refractivity (Wildman–Crippen MR) is 98.1 cm³/mol. The Morgan fingerprint density at radius 2 is 1.96 bits per heavy atom. The van der Waals surface area contributed by atoms with Crippen molar-refractivity contribution in [2.45, 2.75) is 26.4 Å². The lowest BCUT2D eigenvalue weighted by atomic mass is 10.2. The summed E-state index contributed by atoms with van der Waals surface area (Å²) in [5.74, 6) is 0.636. The second-order valence-corrected chi connectivity index (χ2v) is 7.12. The molecule has 7 nitrogen and oxygen atoms in total. The first-order valence-electron chi connectivity index (χ1n) is 7.90.